The van der Waals surface area contributed by atoms with Crippen molar-refractivity contribution in [2.45, 2.75) is 39.2 Å². The molecule has 0 amide bonds. The van der Waals surface area contributed by atoms with Crippen LogP contribution in [-0.2, 0) is 13.0 Å². The van der Waals surface area contributed by atoms with Crippen molar-refractivity contribution >= 4 is 10.9 Å². The van der Waals surface area contributed by atoms with E-state index in [0.717, 1.165) is 6.54 Å². The number of benzene rings is 1. The van der Waals surface area contributed by atoms with Crippen LogP contribution >= 0.6 is 0 Å². The van der Waals surface area contributed by atoms with Crippen LogP contribution in [0.2, 0.25) is 0 Å². The maximum absolute atomic E-state index is 5.96. The predicted octanol–water partition coefficient (Wildman–Crippen LogP) is 3.29. The molecule has 3 rings (SSSR count). The lowest BCUT2D eigenvalue weighted by molar-refractivity contribution is 0.506. The summed E-state index contributed by atoms with van der Waals surface area (Å²) in [7, 11) is 0. The van der Waals surface area contributed by atoms with E-state index < -0.39 is 0 Å². The highest BCUT2D eigenvalue weighted by molar-refractivity contribution is 5.85. The van der Waals surface area contributed by atoms with Crippen molar-refractivity contribution in [2.24, 2.45) is 11.7 Å². The van der Waals surface area contributed by atoms with E-state index in [-0.39, 0.29) is 0 Å². The molecule has 1 aromatic heterocycles. The highest BCUT2D eigenvalue weighted by atomic mass is 15.0. The first-order chi connectivity index (χ1) is 8.70. The molecule has 18 heavy (non-hydrogen) atoms. The molecule has 2 nitrogen and oxygen atoms in total. The minimum absolute atomic E-state index is 0.482. The number of hydrogen-bond donors (Lipinski definition) is 1. The van der Waals surface area contributed by atoms with Gasteiger partial charge in [-0.05, 0) is 54.5 Å². The third-order valence-electron chi connectivity index (χ3n) is 4.29. The lowest BCUT2D eigenvalue weighted by atomic mass is 9.86. The predicted molar refractivity (Wildman–Crippen MR) is 76.9 cm³/mol. The van der Waals surface area contributed by atoms with E-state index in [1.807, 2.05) is 0 Å². The van der Waals surface area contributed by atoms with Gasteiger partial charge in [0.2, 0.25) is 0 Å². The van der Waals surface area contributed by atoms with Crippen molar-refractivity contribution in [1.29, 1.82) is 0 Å². The molecule has 0 saturated heterocycles. The van der Waals surface area contributed by atoms with E-state index >= 15 is 0 Å². The molecule has 0 spiro atoms. The topological polar surface area (TPSA) is 30.9 Å². The molecular weight excluding hydrogens is 220 g/mol. The second kappa shape index (κ2) is 4.43. The van der Waals surface area contributed by atoms with Gasteiger partial charge >= 0.3 is 0 Å². The largest absolute Gasteiger partial charge is 0.347 e. The van der Waals surface area contributed by atoms with Crippen molar-refractivity contribution in [3.8, 4) is 0 Å². The molecule has 2 N–H and O–H groups in total. The van der Waals surface area contributed by atoms with E-state index in [4.69, 9.17) is 5.73 Å². The molecule has 0 saturated carbocycles. The van der Waals surface area contributed by atoms with Crippen molar-refractivity contribution in [3.05, 3.63) is 35.5 Å². The summed E-state index contributed by atoms with van der Waals surface area (Å²) < 4.78 is 2.39. The van der Waals surface area contributed by atoms with Gasteiger partial charge in [-0.1, -0.05) is 19.9 Å². The van der Waals surface area contributed by atoms with Crippen LogP contribution < -0.4 is 5.73 Å². The molecule has 0 bridgehead atoms. The molecule has 2 heteroatoms. The Morgan fingerprint density at radius 3 is 2.89 bits per heavy atom. The molecule has 1 atom stereocenters. The molecule has 2 aromatic rings. The third kappa shape index (κ3) is 1.76. The first kappa shape index (κ1) is 11.8. The summed E-state index contributed by atoms with van der Waals surface area (Å²) in [6, 6.07) is 7.00. The fraction of sp³-hybridized carbons (Fsp3) is 0.500. The highest BCUT2D eigenvalue weighted by Gasteiger charge is 2.19. The second-order valence-electron chi connectivity index (χ2n) is 5.82. The highest BCUT2D eigenvalue weighted by Crippen LogP contribution is 2.32. The molecule has 96 valence electrons. The average molecular weight is 242 g/mol. The molecule has 1 unspecified atom stereocenters. The Bertz CT molecular complexity index is 566. The van der Waals surface area contributed by atoms with Crippen LogP contribution in [0.5, 0.6) is 0 Å². The molecule has 2 heterocycles. The Hall–Kier alpha value is -1.28. The smallest absolute Gasteiger partial charge is 0.0513 e. The number of aromatic nitrogens is 1. The summed E-state index contributed by atoms with van der Waals surface area (Å²) in [6.07, 6.45) is 4.70. The standard InChI is InChI=1S/C16H22N2/c1-11(2)15(10-17)14-8-12-4-3-6-18-7-5-13(9-14)16(12)18/h5,7-9,11,15H,3-4,6,10,17H2,1-2H3. The lowest BCUT2D eigenvalue weighted by Crippen LogP contribution is -2.18. The zero-order chi connectivity index (χ0) is 12.7. The van der Waals surface area contributed by atoms with Gasteiger partial charge in [-0.3, -0.25) is 0 Å². The molecule has 1 aliphatic rings. The SMILES string of the molecule is CC(C)C(CN)c1cc2c3c(ccn3CCC2)c1. The van der Waals surface area contributed by atoms with Crippen LogP contribution in [0.4, 0.5) is 0 Å². The Morgan fingerprint density at radius 1 is 1.33 bits per heavy atom. The van der Waals surface area contributed by atoms with Gasteiger partial charge in [0.05, 0.1) is 5.52 Å². The van der Waals surface area contributed by atoms with Gasteiger partial charge in [0.25, 0.3) is 0 Å². The Balaban J connectivity index is 2.15. The van der Waals surface area contributed by atoms with Crippen molar-refractivity contribution in [2.75, 3.05) is 6.54 Å². The van der Waals surface area contributed by atoms with Gasteiger partial charge < -0.3 is 10.3 Å². The van der Waals surface area contributed by atoms with Gasteiger partial charge in [0.1, 0.15) is 0 Å². The van der Waals surface area contributed by atoms with Gasteiger partial charge in [-0.25, -0.2) is 0 Å². The molecular formula is C16H22N2. The number of nitrogens with two attached hydrogens (primary N) is 1. The van der Waals surface area contributed by atoms with Crippen LogP contribution in [0.15, 0.2) is 24.4 Å². The van der Waals surface area contributed by atoms with Gasteiger partial charge in [0, 0.05) is 18.1 Å². The third-order valence-corrected chi connectivity index (χ3v) is 4.29. The zero-order valence-corrected chi connectivity index (χ0v) is 11.3. The quantitative estimate of drug-likeness (QED) is 0.879. The minimum Gasteiger partial charge on any atom is -0.347 e. The van der Waals surface area contributed by atoms with E-state index in [0.29, 0.717) is 11.8 Å². The first-order valence-corrected chi connectivity index (χ1v) is 7.02. The van der Waals surface area contributed by atoms with Gasteiger partial charge in [-0.15, -0.1) is 0 Å². The summed E-state index contributed by atoms with van der Waals surface area (Å²) in [5.41, 5.74) is 10.3. The maximum atomic E-state index is 5.96. The van der Waals surface area contributed by atoms with E-state index in [1.165, 1.54) is 41.4 Å². The van der Waals surface area contributed by atoms with Crippen molar-refractivity contribution < 1.29 is 0 Å². The van der Waals surface area contributed by atoms with E-state index in [2.05, 4.69) is 42.8 Å². The lowest BCUT2D eigenvalue weighted by Gasteiger charge is -2.22. The average Bonchev–Trinajstić information content (AvgIpc) is 2.75. The normalized spacial score (nSPS) is 16.4. The van der Waals surface area contributed by atoms with Crippen LogP contribution in [0.1, 0.15) is 37.3 Å². The number of rotatable bonds is 3. The Kier molecular flexibility index (Phi) is 2.90. The minimum atomic E-state index is 0.482. The van der Waals surface area contributed by atoms with Crippen LogP contribution in [0, 0.1) is 5.92 Å². The molecule has 0 fully saturated rings. The summed E-state index contributed by atoms with van der Waals surface area (Å²) in [5, 5.41) is 1.39. The summed E-state index contributed by atoms with van der Waals surface area (Å²) in [4.78, 5) is 0. The van der Waals surface area contributed by atoms with E-state index in [9.17, 15) is 0 Å². The second-order valence-corrected chi connectivity index (χ2v) is 5.82. The molecule has 1 aromatic carbocycles. The summed E-state index contributed by atoms with van der Waals surface area (Å²) >= 11 is 0. The van der Waals surface area contributed by atoms with Gasteiger partial charge in [0.15, 0.2) is 0 Å². The number of nitrogens with zero attached hydrogens (tertiary/aromatic N) is 1. The van der Waals surface area contributed by atoms with Crippen LogP contribution in [0.25, 0.3) is 10.9 Å². The number of aryl methyl sites for hydroxylation is 2. The van der Waals surface area contributed by atoms with Gasteiger partial charge in [-0.2, -0.15) is 0 Å². The first-order valence-electron chi connectivity index (χ1n) is 7.02. The number of hydrogen-bond acceptors (Lipinski definition) is 1. The van der Waals surface area contributed by atoms with Crippen LogP contribution in [-0.4, -0.2) is 11.1 Å². The van der Waals surface area contributed by atoms with Crippen molar-refractivity contribution in [3.63, 3.8) is 0 Å². The summed E-state index contributed by atoms with van der Waals surface area (Å²) in [6.45, 7) is 6.43. The van der Waals surface area contributed by atoms with E-state index in [1.54, 1.807) is 0 Å². The summed E-state index contributed by atoms with van der Waals surface area (Å²) in [5.74, 6) is 1.08. The zero-order valence-electron chi connectivity index (χ0n) is 11.3. The van der Waals surface area contributed by atoms with Crippen molar-refractivity contribution in [1.82, 2.24) is 4.57 Å². The Labute approximate surface area is 109 Å². The molecule has 0 aliphatic carbocycles. The fourth-order valence-corrected chi connectivity index (χ4v) is 3.29. The molecule has 1 aliphatic heterocycles. The monoisotopic (exact) mass is 242 g/mol. The van der Waals surface area contributed by atoms with Crippen LogP contribution in [0.3, 0.4) is 0 Å². The fourth-order valence-electron chi connectivity index (χ4n) is 3.29. The Morgan fingerprint density at radius 2 is 2.17 bits per heavy atom. The maximum Gasteiger partial charge on any atom is 0.0513 e. The molecule has 0 radical (unpaired) electrons.